The average Bonchev–Trinajstić information content (AvgIpc) is 3.47. The van der Waals surface area contributed by atoms with Gasteiger partial charge in [0.15, 0.2) is 24.6 Å². The van der Waals surface area contributed by atoms with Gasteiger partial charge in [0, 0.05) is 19.3 Å². The molecule has 0 bridgehead atoms. The molecule has 12 heteroatoms. The summed E-state index contributed by atoms with van der Waals surface area (Å²) < 4.78 is 28.6. The Labute approximate surface area is 482 Å². The highest BCUT2D eigenvalue weighted by Crippen LogP contribution is 2.27. The van der Waals surface area contributed by atoms with E-state index in [9.17, 15) is 34.5 Å². The van der Waals surface area contributed by atoms with Crippen molar-refractivity contribution in [1.29, 1.82) is 0 Å². The number of aliphatic hydroxyl groups excluding tert-OH is 2. The number of allylic oxidation sites excluding steroid dienone is 6. The van der Waals surface area contributed by atoms with Crippen LogP contribution in [0, 0.1) is 0 Å². The maximum atomic E-state index is 13.2. The summed E-state index contributed by atoms with van der Waals surface area (Å²) in [5, 5.41) is 31.6. The Morgan fingerprint density at radius 1 is 0.430 bits per heavy atom. The highest BCUT2D eigenvalue weighted by Gasteiger charge is 2.50. The number of carboxylic acid groups (broad SMARTS) is 1. The molecule has 1 aliphatic rings. The average molecular weight is 1120 g/mol. The van der Waals surface area contributed by atoms with Gasteiger partial charge in [-0.15, -0.1) is 0 Å². The maximum Gasteiger partial charge on any atom is 0.335 e. The lowest BCUT2D eigenvalue weighted by Gasteiger charge is -2.40. The topological polar surface area (TPSA) is 175 Å². The van der Waals surface area contributed by atoms with Crippen molar-refractivity contribution in [3.8, 4) is 0 Å². The van der Waals surface area contributed by atoms with Crippen molar-refractivity contribution in [2.75, 3.05) is 13.2 Å². The number of rotatable bonds is 57. The van der Waals surface area contributed by atoms with Gasteiger partial charge >= 0.3 is 23.9 Å². The van der Waals surface area contributed by atoms with Gasteiger partial charge in [0.25, 0.3) is 0 Å². The molecule has 0 amide bonds. The summed E-state index contributed by atoms with van der Waals surface area (Å²) in [5.74, 6) is -3.09. The van der Waals surface area contributed by atoms with Crippen LogP contribution in [0.25, 0.3) is 0 Å². The molecular formula is C67H120O12. The number of aliphatic hydroxyl groups is 2. The van der Waals surface area contributed by atoms with Gasteiger partial charge < -0.3 is 39.0 Å². The maximum absolute atomic E-state index is 13.2. The fourth-order valence-electron chi connectivity index (χ4n) is 10.2. The minimum Gasteiger partial charge on any atom is -0.479 e. The molecule has 79 heavy (non-hydrogen) atoms. The van der Waals surface area contributed by atoms with Crippen molar-refractivity contribution in [2.24, 2.45) is 0 Å². The van der Waals surface area contributed by atoms with E-state index in [2.05, 4.69) is 57.2 Å². The minimum atomic E-state index is -1.90. The molecule has 0 aromatic carbocycles. The fraction of sp³-hybridized carbons (Fsp3) is 0.851. The van der Waals surface area contributed by atoms with Gasteiger partial charge in [-0.2, -0.15) is 0 Å². The number of unbranched alkanes of at least 4 members (excludes halogenated alkanes) is 37. The molecule has 1 saturated heterocycles. The van der Waals surface area contributed by atoms with E-state index < -0.39 is 67.3 Å². The van der Waals surface area contributed by atoms with Gasteiger partial charge in [-0.3, -0.25) is 14.4 Å². The number of ether oxygens (including phenoxy) is 5. The smallest absolute Gasteiger partial charge is 0.335 e. The third-order valence-corrected chi connectivity index (χ3v) is 15.2. The van der Waals surface area contributed by atoms with Crippen LogP contribution in [0.2, 0.25) is 0 Å². The Bertz CT molecular complexity index is 1510. The summed E-state index contributed by atoms with van der Waals surface area (Å²) in [6.07, 6.45) is 53.8. The summed E-state index contributed by atoms with van der Waals surface area (Å²) in [6.45, 7) is 5.93. The monoisotopic (exact) mass is 1120 g/mol. The van der Waals surface area contributed by atoms with Crippen molar-refractivity contribution in [1.82, 2.24) is 0 Å². The molecule has 1 rings (SSSR count). The predicted molar refractivity (Wildman–Crippen MR) is 322 cm³/mol. The summed E-state index contributed by atoms with van der Waals surface area (Å²) in [6, 6.07) is 0. The second kappa shape index (κ2) is 55.5. The van der Waals surface area contributed by atoms with Crippen LogP contribution in [0.3, 0.4) is 0 Å². The molecule has 460 valence electrons. The van der Waals surface area contributed by atoms with Crippen LogP contribution in [0.4, 0.5) is 0 Å². The van der Waals surface area contributed by atoms with Crippen LogP contribution in [-0.4, -0.2) is 89.2 Å². The van der Waals surface area contributed by atoms with Crippen LogP contribution in [0.5, 0.6) is 0 Å². The Morgan fingerprint density at radius 3 is 1.22 bits per heavy atom. The summed E-state index contributed by atoms with van der Waals surface area (Å²) >= 11 is 0. The molecule has 1 fully saturated rings. The van der Waals surface area contributed by atoms with E-state index in [0.717, 1.165) is 89.9 Å². The molecule has 0 aromatic rings. The van der Waals surface area contributed by atoms with Crippen LogP contribution in [0.15, 0.2) is 36.5 Å². The van der Waals surface area contributed by atoms with Gasteiger partial charge in [0.05, 0.1) is 6.61 Å². The molecule has 0 spiro atoms. The van der Waals surface area contributed by atoms with E-state index in [4.69, 9.17) is 23.7 Å². The van der Waals surface area contributed by atoms with Gasteiger partial charge in [-0.1, -0.05) is 282 Å². The normalized spacial score (nSPS) is 18.0. The van der Waals surface area contributed by atoms with Gasteiger partial charge in [-0.05, 0) is 51.4 Å². The molecule has 0 aromatic heterocycles. The van der Waals surface area contributed by atoms with E-state index in [1.54, 1.807) is 0 Å². The first-order valence-corrected chi connectivity index (χ1v) is 33.0. The first-order valence-electron chi connectivity index (χ1n) is 33.0. The van der Waals surface area contributed by atoms with E-state index in [-0.39, 0.29) is 25.9 Å². The highest BCUT2D eigenvalue weighted by molar-refractivity contribution is 5.74. The zero-order valence-corrected chi connectivity index (χ0v) is 50.9. The lowest BCUT2D eigenvalue weighted by atomic mass is 9.98. The lowest BCUT2D eigenvalue weighted by molar-refractivity contribution is -0.301. The molecule has 0 aliphatic carbocycles. The summed E-state index contributed by atoms with van der Waals surface area (Å²) in [7, 11) is 0. The predicted octanol–water partition coefficient (Wildman–Crippen LogP) is 17.6. The molecule has 1 heterocycles. The van der Waals surface area contributed by atoms with Crippen LogP contribution in [0.1, 0.15) is 316 Å². The van der Waals surface area contributed by atoms with E-state index in [1.807, 2.05) is 0 Å². The number of carbonyl (C=O) groups excluding carboxylic acids is 3. The molecule has 3 N–H and O–H groups in total. The van der Waals surface area contributed by atoms with Crippen LogP contribution >= 0.6 is 0 Å². The van der Waals surface area contributed by atoms with Crippen molar-refractivity contribution >= 4 is 23.9 Å². The van der Waals surface area contributed by atoms with Gasteiger partial charge in [0.2, 0.25) is 0 Å². The fourth-order valence-corrected chi connectivity index (χ4v) is 10.2. The van der Waals surface area contributed by atoms with Crippen molar-refractivity contribution in [2.45, 2.75) is 353 Å². The Balaban J connectivity index is 2.64. The first kappa shape index (κ1) is 74.0. The SMILES string of the molecule is CC/C=C\C/C=C\C/C=C\CCCCCCCCCC(=O)OCC(COC1OC(C(=O)O)C(O)C(O)C1OC(=O)CCCCCCCCCCCCCCCCCCC)OC(=O)CCCCCCCCCCCCCCCCC. The molecule has 6 atom stereocenters. The molecule has 0 saturated carbocycles. The zero-order chi connectivity index (χ0) is 57.5. The van der Waals surface area contributed by atoms with Gasteiger partial charge in [-0.25, -0.2) is 4.79 Å². The Kier molecular flexibility index (Phi) is 51.9. The van der Waals surface area contributed by atoms with E-state index in [0.29, 0.717) is 19.3 Å². The molecular weight excluding hydrogens is 997 g/mol. The zero-order valence-electron chi connectivity index (χ0n) is 50.9. The lowest BCUT2D eigenvalue weighted by Crippen LogP contribution is -2.61. The number of aliphatic carboxylic acids is 1. The minimum absolute atomic E-state index is 0.0662. The van der Waals surface area contributed by atoms with Crippen molar-refractivity contribution in [3.05, 3.63) is 36.5 Å². The highest BCUT2D eigenvalue weighted by atomic mass is 16.7. The first-order chi connectivity index (χ1) is 38.6. The molecule has 0 radical (unpaired) electrons. The number of hydrogen-bond donors (Lipinski definition) is 3. The third-order valence-electron chi connectivity index (χ3n) is 15.2. The van der Waals surface area contributed by atoms with Crippen molar-refractivity contribution < 1.29 is 58.2 Å². The van der Waals surface area contributed by atoms with E-state index in [1.165, 1.54) is 167 Å². The number of esters is 3. The Morgan fingerprint density at radius 2 is 0.797 bits per heavy atom. The number of carbonyl (C=O) groups is 4. The second-order valence-corrected chi connectivity index (χ2v) is 22.7. The van der Waals surface area contributed by atoms with Crippen molar-refractivity contribution in [3.63, 3.8) is 0 Å². The van der Waals surface area contributed by atoms with E-state index >= 15 is 0 Å². The summed E-state index contributed by atoms with van der Waals surface area (Å²) in [4.78, 5) is 51.3. The summed E-state index contributed by atoms with van der Waals surface area (Å²) in [5.41, 5.74) is 0. The largest absolute Gasteiger partial charge is 0.479 e. The van der Waals surface area contributed by atoms with Crippen LogP contribution < -0.4 is 0 Å². The second-order valence-electron chi connectivity index (χ2n) is 22.7. The number of hydrogen-bond acceptors (Lipinski definition) is 11. The molecule has 12 nitrogen and oxygen atoms in total. The quantitative estimate of drug-likeness (QED) is 0.0228. The van der Waals surface area contributed by atoms with Crippen LogP contribution in [-0.2, 0) is 42.9 Å². The molecule has 1 aliphatic heterocycles. The third kappa shape index (κ3) is 45.2. The number of carboxylic acids is 1. The van der Waals surface area contributed by atoms with Gasteiger partial charge in [0.1, 0.15) is 18.8 Å². The standard InChI is InChI=1S/C67H120O12/c1-4-7-10-13-16-19-22-25-28-30-33-35-38-41-44-47-50-53-59(68)75-56-58(77-60(69)54-51-48-45-42-39-36-32-27-24-21-18-15-12-9-6-3)57-76-67-65(63(72)62(71)64(79-67)66(73)74)78-61(70)55-52-49-46-43-40-37-34-31-29-26-23-20-17-14-11-8-5-2/h7,10,16,19,25,28,58,62-65,67,71-72H,4-6,8-9,11-15,17-18,20-24,26-27,29-57H2,1-3H3,(H,73,74)/b10-7-,19-16-,28-25-. The Hall–Kier alpha value is -3.06. The molecule has 6 unspecified atom stereocenters.